The molecule has 0 aliphatic carbocycles. The molecule has 0 aromatic heterocycles. The first kappa shape index (κ1) is 10.3. The van der Waals surface area contributed by atoms with E-state index in [4.69, 9.17) is 0 Å². The summed E-state index contributed by atoms with van der Waals surface area (Å²) in [6, 6.07) is 0. The molecule has 0 N–H and O–H groups in total. The molecule has 11 heavy (non-hydrogen) atoms. The van der Waals surface area contributed by atoms with Crippen molar-refractivity contribution in [3.05, 3.63) is 24.6 Å². The molecule has 0 fully saturated rings. The van der Waals surface area contributed by atoms with Crippen molar-refractivity contribution in [1.29, 1.82) is 0 Å². The summed E-state index contributed by atoms with van der Waals surface area (Å²) in [5, 5.41) is 0. The van der Waals surface area contributed by atoms with Crippen molar-refractivity contribution in [3.8, 4) is 0 Å². The van der Waals surface area contributed by atoms with Gasteiger partial charge in [0.2, 0.25) is 0 Å². The second kappa shape index (κ2) is 5.00. The molecule has 0 radical (unpaired) electrons. The van der Waals surface area contributed by atoms with E-state index in [-0.39, 0.29) is 0 Å². The average molecular weight is 153 g/mol. The second-order valence-corrected chi connectivity index (χ2v) is 3.26. The van der Waals surface area contributed by atoms with Crippen LogP contribution in [0.4, 0.5) is 0 Å². The van der Waals surface area contributed by atoms with E-state index in [9.17, 15) is 0 Å². The van der Waals surface area contributed by atoms with Gasteiger partial charge in [-0.15, -0.1) is 0 Å². The largest absolute Gasteiger partial charge is 0.355 e. The van der Waals surface area contributed by atoms with Gasteiger partial charge in [-0.1, -0.05) is 26.5 Å². The number of hydrogen-bond acceptors (Lipinski definition) is 1. The van der Waals surface area contributed by atoms with Crippen LogP contribution >= 0.6 is 0 Å². The standard InChI is InChI=1S/C10H19N/c1-6-7-11(5)10(4)8-9(2)3/h6-7,9H,4,8H2,1-3,5H3/b7-6-. The van der Waals surface area contributed by atoms with Gasteiger partial charge in [-0.2, -0.15) is 0 Å². The maximum Gasteiger partial charge on any atom is 0.0108 e. The van der Waals surface area contributed by atoms with Gasteiger partial charge in [0, 0.05) is 12.7 Å². The van der Waals surface area contributed by atoms with Crippen LogP contribution in [0.1, 0.15) is 27.2 Å². The minimum absolute atomic E-state index is 0.690. The SMILES string of the molecule is C=C(CC(C)C)N(C)/C=C\C. The highest BCUT2D eigenvalue weighted by Crippen LogP contribution is 2.11. The van der Waals surface area contributed by atoms with Gasteiger partial charge in [0.1, 0.15) is 0 Å². The Labute approximate surface area is 70.4 Å². The Kier molecular flexibility index (Phi) is 4.67. The van der Waals surface area contributed by atoms with Gasteiger partial charge >= 0.3 is 0 Å². The summed E-state index contributed by atoms with van der Waals surface area (Å²) >= 11 is 0. The fourth-order valence-corrected chi connectivity index (χ4v) is 0.944. The van der Waals surface area contributed by atoms with Gasteiger partial charge in [-0.3, -0.25) is 0 Å². The van der Waals surface area contributed by atoms with E-state index in [1.54, 1.807) is 0 Å². The van der Waals surface area contributed by atoms with Crippen LogP contribution in [0.15, 0.2) is 24.6 Å². The third kappa shape index (κ3) is 4.65. The van der Waals surface area contributed by atoms with Gasteiger partial charge in [0.05, 0.1) is 0 Å². The normalized spacial score (nSPS) is 11.0. The van der Waals surface area contributed by atoms with E-state index in [2.05, 4.69) is 25.3 Å². The highest BCUT2D eigenvalue weighted by Gasteiger charge is 2.00. The van der Waals surface area contributed by atoms with Crippen LogP contribution in [0.2, 0.25) is 0 Å². The molecule has 0 bridgehead atoms. The van der Waals surface area contributed by atoms with Gasteiger partial charge in [-0.05, 0) is 25.5 Å². The Hall–Kier alpha value is -0.720. The van der Waals surface area contributed by atoms with Crippen molar-refractivity contribution in [1.82, 2.24) is 4.90 Å². The molecule has 0 saturated carbocycles. The monoisotopic (exact) mass is 153 g/mol. The lowest BCUT2D eigenvalue weighted by molar-refractivity contribution is 0.492. The molecule has 0 atom stereocenters. The highest BCUT2D eigenvalue weighted by atomic mass is 15.1. The smallest absolute Gasteiger partial charge is 0.0108 e. The fourth-order valence-electron chi connectivity index (χ4n) is 0.944. The third-order valence-electron chi connectivity index (χ3n) is 1.52. The first-order chi connectivity index (χ1) is 5.07. The lowest BCUT2D eigenvalue weighted by Crippen LogP contribution is -2.10. The predicted molar refractivity (Wildman–Crippen MR) is 51.2 cm³/mol. The molecular formula is C10H19N. The van der Waals surface area contributed by atoms with Gasteiger partial charge < -0.3 is 4.90 Å². The lowest BCUT2D eigenvalue weighted by Gasteiger charge is -2.18. The second-order valence-electron chi connectivity index (χ2n) is 3.26. The number of hydrogen-bond donors (Lipinski definition) is 0. The van der Waals surface area contributed by atoms with Crippen LogP contribution < -0.4 is 0 Å². The Morgan fingerprint density at radius 2 is 2.09 bits per heavy atom. The van der Waals surface area contributed by atoms with E-state index in [1.165, 1.54) is 5.70 Å². The molecular weight excluding hydrogens is 134 g/mol. The Bertz CT molecular complexity index is 145. The summed E-state index contributed by atoms with van der Waals surface area (Å²) in [6.45, 7) is 10.4. The van der Waals surface area contributed by atoms with Crippen LogP contribution in [0, 0.1) is 5.92 Å². The van der Waals surface area contributed by atoms with Crippen molar-refractivity contribution >= 4 is 0 Å². The van der Waals surface area contributed by atoms with Crippen molar-refractivity contribution < 1.29 is 0 Å². The zero-order valence-corrected chi connectivity index (χ0v) is 8.09. The molecule has 0 aliphatic rings. The van der Waals surface area contributed by atoms with Gasteiger partial charge in [-0.25, -0.2) is 0 Å². The number of nitrogens with zero attached hydrogens (tertiary/aromatic N) is 1. The minimum atomic E-state index is 0.690. The van der Waals surface area contributed by atoms with Gasteiger partial charge in [0.25, 0.3) is 0 Å². The maximum atomic E-state index is 3.99. The van der Waals surface area contributed by atoms with E-state index < -0.39 is 0 Å². The summed E-state index contributed by atoms with van der Waals surface area (Å²) in [7, 11) is 2.03. The first-order valence-corrected chi connectivity index (χ1v) is 4.11. The van der Waals surface area contributed by atoms with Crippen LogP contribution in [0.25, 0.3) is 0 Å². The van der Waals surface area contributed by atoms with E-state index in [0.717, 1.165) is 6.42 Å². The molecule has 64 valence electrons. The highest BCUT2D eigenvalue weighted by molar-refractivity contribution is 4.98. The molecule has 1 heteroatoms. The van der Waals surface area contributed by atoms with Crippen molar-refractivity contribution in [2.75, 3.05) is 7.05 Å². The molecule has 0 aliphatic heterocycles. The molecule has 0 amide bonds. The zero-order chi connectivity index (χ0) is 8.85. The molecule has 0 saturated heterocycles. The van der Waals surface area contributed by atoms with Crippen molar-refractivity contribution in [2.24, 2.45) is 5.92 Å². The zero-order valence-electron chi connectivity index (χ0n) is 8.09. The molecule has 0 unspecified atom stereocenters. The van der Waals surface area contributed by atoms with E-state index >= 15 is 0 Å². The Morgan fingerprint density at radius 3 is 2.45 bits per heavy atom. The van der Waals surface area contributed by atoms with E-state index in [1.807, 2.05) is 26.2 Å². The summed E-state index contributed by atoms with van der Waals surface area (Å²) in [6.07, 6.45) is 5.12. The molecule has 0 rings (SSSR count). The van der Waals surface area contributed by atoms with Crippen LogP contribution in [0.3, 0.4) is 0 Å². The summed E-state index contributed by atoms with van der Waals surface area (Å²) in [4.78, 5) is 2.07. The third-order valence-corrected chi connectivity index (χ3v) is 1.52. The average Bonchev–Trinajstić information content (AvgIpc) is 1.86. The summed E-state index contributed by atoms with van der Waals surface area (Å²) in [5.74, 6) is 0.690. The molecule has 0 spiro atoms. The van der Waals surface area contributed by atoms with Gasteiger partial charge in [0.15, 0.2) is 0 Å². The minimum Gasteiger partial charge on any atom is -0.355 e. The maximum absolute atomic E-state index is 3.99. The predicted octanol–water partition coefficient (Wildman–Crippen LogP) is 3.01. The summed E-state index contributed by atoms with van der Waals surface area (Å²) < 4.78 is 0. The molecule has 1 nitrogen and oxygen atoms in total. The van der Waals surface area contributed by atoms with Crippen molar-refractivity contribution in [2.45, 2.75) is 27.2 Å². The van der Waals surface area contributed by atoms with Crippen LogP contribution in [0.5, 0.6) is 0 Å². The molecule has 0 aromatic carbocycles. The quantitative estimate of drug-likeness (QED) is 0.600. The van der Waals surface area contributed by atoms with Crippen LogP contribution in [-0.4, -0.2) is 11.9 Å². The Balaban J connectivity index is 3.83. The topological polar surface area (TPSA) is 3.24 Å². The molecule has 0 heterocycles. The number of allylic oxidation sites excluding steroid dienone is 2. The van der Waals surface area contributed by atoms with E-state index in [0.29, 0.717) is 5.92 Å². The molecule has 0 aromatic rings. The van der Waals surface area contributed by atoms with Crippen molar-refractivity contribution in [3.63, 3.8) is 0 Å². The van der Waals surface area contributed by atoms with Crippen LogP contribution in [-0.2, 0) is 0 Å². The Morgan fingerprint density at radius 1 is 1.55 bits per heavy atom. The number of rotatable bonds is 4. The summed E-state index contributed by atoms with van der Waals surface area (Å²) in [5.41, 5.74) is 1.18. The first-order valence-electron chi connectivity index (χ1n) is 4.11. The lowest BCUT2D eigenvalue weighted by atomic mass is 10.1. The fraction of sp³-hybridized carbons (Fsp3) is 0.600.